The van der Waals surface area contributed by atoms with Crippen molar-refractivity contribution in [2.24, 2.45) is 0 Å². The van der Waals surface area contributed by atoms with Crippen molar-refractivity contribution in [3.05, 3.63) is 71.8 Å². The van der Waals surface area contributed by atoms with Crippen LogP contribution in [-0.2, 0) is 13.1 Å². The fourth-order valence-electron chi connectivity index (χ4n) is 1.93. The summed E-state index contributed by atoms with van der Waals surface area (Å²) in [4.78, 5) is 0. The van der Waals surface area contributed by atoms with E-state index in [0.29, 0.717) is 0 Å². The summed E-state index contributed by atoms with van der Waals surface area (Å²) < 4.78 is 0. The lowest BCUT2D eigenvalue weighted by atomic mass is 10.2. The van der Waals surface area contributed by atoms with Gasteiger partial charge >= 0.3 is 0 Å². The summed E-state index contributed by atoms with van der Waals surface area (Å²) in [5, 5.41) is 4.48. The Balaban J connectivity index is 2.05. The van der Waals surface area contributed by atoms with E-state index in [-0.39, 0.29) is 0 Å². The Labute approximate surface area is 109 Å². The number of nitrogens with zero attached hydrogens (tertiary/aromatic N) is 2. The van der Waals surface area contributed by atoms with Crippen molar-refractivity contribution >= 4 is 0 Å². The topological polar surface area (TPSA) is 6.48 Å². The number of hydrogen-bond donors (Lipinski definition) is 0. The molecule has 94 valence electrons. The van der Waals surface area contributed by atoms with E-state index in [1.165, 1.54) is 11.1 Å². The largest absolute Gasteiger partial charge is 0.247 e. The van der Waals surface area contributed by atoms with E-state index in [4.69, 9.17) is 0 Å². The van der Waals surface area contributed by atoms with Crippen LogP contribution in [0.15, 0.2) is 60.7 Å². The Morgan fingerprint density at radius 1 is 0.667 bits per heavy atom. The minimum atomic E-state index is 0.933. The first-order valence-electron chi connectivity index (χ1n) is 6.26. The van der Waals surface area contributed by atoms with E-state index in [2.05, 4.69) is 84.8 Å². The van der Waals surface area contributed by atoms with Gasteiger partial charge in [-0.15, -0.1) is 0 Å². The summed E-state index contributed by atoms with van der Waals surface area (Å²) in [7, 11) is 4.18. The fourth-order valence-corrected chi connectivity index (χ4v) is 1.93. The van der Waals surface area contributed by atoms with Crippen LogP contribution in [0.5, 0.6) is 0 Å². The average molecular weight is 240 g/mol. The molecule has 0 spiro atoms. The first kappa shape index (κ1) is 12.8. The molecule has 0 radical (unpaired) electrons. The lowest BCUT2D eigenvalue weighted by Crippen LogP contribution is -2.35. The molecule has 0 fully saturated rings. The minimum absolute atomic E-state index is 0.933. The molecular weight excluding hydrogens is 220 g/mol. The minimum Gasteiger partial charge on any atom is -0.247 e. The van der Waals surface area contributed by atoms with Gasteiger partial charge in [-0.25, -0.2) is 10.0 Å². The molecule has 0 aromatic heterocycles. The molecular formula is C16H20N2. The van der Waals surface area contributed by atoms with E-state index in [1.54, 1.807) is 0 Å². The highest BCUT2D eigenvalue weighted by Crippen LogP contribution is 2.10. The molecule has 0 aliphatic rings. The second kappa shape index (κ2) is 6.34. The van der Waals surface area contributed by atoms with Crippen molar-refractivity contribution in [1.29, 1.82) is 0 Å². The van der Waals surface area contributed by atoms with E-state index in [1.807, 2.05) is 0 Å². The molecule has 0 bridgehead atoms. The van der Waals surface area contributed by atoms with Gasteiger partial charge < -0.3 is 0 Å². The van der Waals surface area contributed by atoms with Crippen LogP contribution in [0.4, 0.5) is 0 Å². The van der Waals surface area contributed by atoms with Gasteiger partial charge in [0.2, 0.25) is 0 Å². The van der Waals surface area contributed by atoms with Crippen molar-refractivity contribution in [1.82, 2.24) is 10.0 Å². The number of hydrazine groups is 1. The van der Waals surface area contributed by atoms with Crippen LogP contribution in [0.3, 0.4) is 0 Å². The Morgan fingerprint density at radius 3 is 1.39 bits per heavy atom. The maximum absolute atomic E-state index is 2.32. The van der Waals surface area contributed by atoms with Gasteiger partial charge in [0.1, 0.15) is 0 Å². The molecule has 0 unspecified atom stereocenters. The van der Waals surface area contributed by atoms with Gasteiger partial charge in [-0.1, -0.05) is 60.7 Å². The maximum Gasteiger partial charge on any atom is 0.0387 e. The standard InChI is InChI=1S/C16H20N2/c1-17(2)18(13-15-9-5-3-6-10-15)14-16-11-7-4-8-12-16/h3-12H,13-14H2,1-2H3. The van der Waals surface area contributed by atoms with E-state index >= 15 is 0 Å². The Morgan fingerprint density at radius 2 is 1.06 bits per heavy atom. The van der Waals surface area contributed by atoms with E-state index in [0.717, 1.165) is 13.1 Å². The van der Waals surface area contributed by atoms with Crippen LogP contribution in [0.1, 0.15) is 11.1 Å². The predicted octanol–water partition coefficient (Wildman–Crippen LogP) is 3.17. The molecule has 0 aliphatic carbocycles. The van der Waals surface area contributed by atoms with Crippen molar-refractivity contribution < 1.29 is 0 Å². The molecule has 0 aliphatic heterocycles. The maximum atomic E-state index is 2.32. The molecule has 2 rings (SSSR count). The molecule has 0 amide bonds. The van der Waals surface area contributed by atoms with Gasteiger partial charge in [-0.3, -0.25) is 0 Å². The molecule has 0 heterocycles. The number of hydrogen-bond acceptors (Lipinski definition) is 2. The highest BCUT2D eigenvalue weighted by atomic mass is 15.6. The first-order valence-corrected chi connectivity index (χ1v) is 6.26. The Kier molecular flexibility index (Phi) is 4.51. The zero-order valence-corrected chi connectivity index (χ0v) is 11.1. The summed E-state index contributed by atoms with van der Waals surface area (Å²) in [6.07, 6.45) is 0. The molecule has 2 nitrogen and oxygen atoms in total. The normalized spacial score (nSPS) is 11.1. The highest BCUT2D eigenvalue weighted by Gasteiger charge is 2.08. The summed E-state index contributed by atoms with van der Waals surface area (Å²) in [6, 6.07) is 21.1. The summed E-state index contributed by atoms with van der Waals surface area (Å²) in [5.74, 6) is 0. The third kappa shape index (κ3) is 3.69. The first-order chi connectivity index (χ1) is 8.75. The third-order valence-electron chi connectivity index (χ3n) is 2.98. The van der Waals surface area contributed by atoms with Gasteiger partial charge in [0, 0.05) is 27.2 Å². The quantitative estimate of drug-likeness (QED) is 0.741. The van der Waals surface area contributed by atoms with Crippen LogP contribution in [-0.4, -0.2) is 24.1 Å². The van der Waals surface area contributed by atoms with Crippen molar-refractivity contribution in [3.63, 3.8) is 0 Å². The SMILES string of the molecule is CN(C)N(Cc1ccccc1)Cc1ccccc1. The lowest BCUT2D eigenvalue weighted by molar-refractivity contribution is 0.00733. The average Bonchev–Trinajstić information content (AvgIpc) is 2.40. The zero-order chi connectivity index (χ0) is 12.8. The number of benzene rings is 2. The number of rotatable bonds is 5. The zero-order valence-electron chi connectivity index (χ0n) is 11.1. The summed E-state index contributed by atoms with van der Waals surface area (Å²) in [5.41, 5.74) is 2.67. The summed E-state index contributed by atoms with van der Waals surface area (Å²) in [6.45, 7) is 1.87. The molecule has 0 saturated carbocycles. The molecule has 0 N–H and O–H groups in total. The lowest BCUT2D eigenvalue weighted by Gasteiger charge is -2.29. The molecule has 2 aromatic rings. The van der Waals surface area contributed by atoms with Gasteiger partial charge in [0.25, 0.3) is 0 Å². The molecule has 18 heavy (non-hydrogen) atoms. The smallest absolute Gasteiger partial charge is 0.0387 e. The fraction of sp³-hybridized carbons (Fsp3) is 0.250. The van der Waals surface area contributed by atoms with Crippen LogP contribution in [0.2, 0.25) is 0 Å². The third-order valence-corrected chi connectivity index (χ3v) is 2.98. The second-order valence-corrected chi connectivity index (χ2v) is 4.64. The molecule has 2 heteroatoms. The van der Waals surface area contributed by atoms with Crippen molar-refractivity contribution in [2.45, 2.75) is 13.1 Å². The molecule has 2 aromatic carbocycles. The molecule has 0 atom stereocenters. The van der Waals surface area contributed by atoms with Crippen molar-refractivity contribution in [2.75, 3.05) is 14.1 Å². The van der Waals surface area contributed by atoms with Gasteiger partial charge in [0.15, 0.2) is 0 Å². The van der Waals surface area contributed by atoms with Crippen LogP contribution in [0, 0.1) is 0 Å². The van der Waals surface area contributed by atoms with E-state index in [9.17, 15) is 0 Å². The monoisotopic (exact) mass is 240 g/mol. The van der Waals surface area contributed by atoms with E-state index < -0.39 is 0 Å². The van der Waals surface area contributed by atoms with Crippen LogP contribution < -0.4 is 0 Å². The van der Waals surface area contributed by atoms with Crippen LogP contribution >= 0.6 is 0 Å². The second-order valence-electron chi connectivity index (χ2n) is 4.64. The van der Waals surface area contributed by atoms with Crippen molar-refractivity contribution in [3.8, 4) is 0 Å². The van der Waals surface area contributed by atoms with Crippen LogP contribution in [0.25, 0.3) is 0 Å². The van der Waals surface area contributed by atoms with Gasteiger partial charge in [-0.05, 0) is 11.1 Å². The Bertz CT molecular complexity index is 410. The molecule has 0 saturated heterocycles. The summed E-state index contributed by atoms with van der Waals surface area (Å²) >= 11 is 0. The Hall–Kier alpha value is -1.64. The predicted molar refractivity (Wildman–Crippen MR) is 75.8 cm³/mol. The van der Waals surface area contributed by atoms with Gasteiger partial charge in [-0.2, -0.15) is 0 Å². The van der Waals surface area contributed by atoms with Gasteiger partial charge in [0.05, 0.1) is 0 Å². The highest BCUT2D eigenvalue weighted by molar-refractivity contribution is 5.16.